The second kappa shape index (κ2) is 6.24. The van der Waals surface area contributed by atoms with Crippen LogP contribution in [0.25, 0.3) is 10.9 Å². The molecule has 0 spiro atoms. The third-order valence-corrected chi connectivity index (χ3v) is 4.15. The summed E-state index contributed by atoms with van der Waals surface area (Å²) in [5.74, 6) is -0.775. The van der Waals surface area contributed by atoms with Gasteiger partial charge in [-0.25, -0.2) is 0 Å². The van der Waals surface area contributed by atoms with Crippen LogP contribution < -0.4 is 0 Å². The normalized spacial score (nSPS) is 11.0. The Bertz CT molecular complexity index is 823. The SMILES string of the molecule is O=C(O)CCc1cn(Cc2ccccc2Cl)c2ccccc12. The summed E-state index contributed by atoms with van der Waals surface area (Å²) in [6, 6.07) is 15.8. The van der Waals surface area contributed by atoms with Gasteiger partial charge in [-0.05, 0) is 29.7 Å². The van der Waals surface area contributed by atoms with Gasteiger partial charge < -0.3 is 9.67 Å². The van der Waals surface area contributed by atoms with Gasteiger partial charge in [-0.1, -0.05) is 48.0 Å². The van der Waals surface area contributed by atoms with Crippen molar-refractivity contribution in [3.8, 4) is 0 Å². The van der Waals surface area contributed by atoms with Crippen LogP contribution in [0.5, 0.6) is 0 Å². The summed E-state index contributed by atoms with van der Waals surface area (Å²) in [4.78, 5) is 10.8. The number of carbonyl (C=O) groups is 1. The lowest BCUT2D eigenvalue weighted by molar-refractivity contribution is -0.136. The van der Waals surface area contributed by atoms with Gasteiger partial charge in [0.15, 0.2) is 0 Å². The molecule has 0 aliphatic rings. The number of carboxylic acids is 1. The Kier molecular flexibility index (Phi) is 4.16. The minimum atomic E-state index is -0.775. The fraction of sp³-hybridized carbons (Fsp3) is 0.167. The molecule has 0 fully saturated rings. The number of halogens is 1. The van der Waals surface area contributed by atoms with Gasteiger partial charge in [0.1, 0.15) is 0 Å². The maximum atomic E-state index is 10.8. The van der Waals surface area contributed by atoms with E-state index in [2.05, 4.69) is 10.6 Å². The van der Waals surface area contributed by atoms with E-state index in [4.69, 9.17) is 16.7 Å². The number of carboxylic acid groups (broad SMARTS) is 1. The average molecular weight is 314 g/mol. The monoisotopic (exact) mass is 313 g/mol. The maximum Gasteiger partial charge on any atom is 0.303 e. The van der Waals surface area contributed by atoms with Crippen molar-refractivity contribution in [2.45, 2.75) is 19.4 Å². The molecule has 1 aromatic heterocycles. The van der Waals surface area contributed by atoms with E-state index in [0.29, 0.717) is 13.0 Å². The summed E-state index contributed by atoms with van der Waals surface area (Å²) in [6.45, 7) is 0.674. The molecule has 3 aromatic rings. The molecule has 0 saturated heterocycles. The smallest absolute Gasteiger partial charge is 0.303 e. The number of aliphatic carboxylic acids is 1. The minimum Gasteiger partial charge on any atom is -0.481 e. The minimum absolute atomic E-state index is 0.139. The Labute approximate surface area is 133 Å². The fourth-order valence-corrected chi connectivity index (χ4v) is 2.90. The van der Waals surface area contributed by atoms with E-state index >= 15 is 0 Å². The fourth-order valence-electron chi connectivity index (χ4n) is 2.70. The molecular formula is C18H16ClNO2. The van der Waals surface area contributed by atoms with E-state index in [1.54, 1.807) is 0 Å². The third-order valence-electron chi connectivity index (χ3n) is 3.78. The van der Waals surface area contributed by atoms with Crippen LogP contribution in [-0.2, 0) is 17.8 Å². The van der Waals surface area contributed by atoms with Crippen molar-refractivity contribution < 1.29 is 9.90 Å². The molecule has 1 N–H and O–H groups in total. The van der Waals surface area contributed by atoms with Crippen molar-refractivity contribution in [1.82, 2.24) is 4.57 Å². The number of para-hydroxylation sites is 1. The van der Waals surface area contributed by atoms with Crippen LogP contribution in [0.2, 0.25) is 5.02 Å². The van der Waals surface area contributed by atoms with Crippen LogP contribution in [0.1, 0.15) is 17.5 Å². The highest BCUT2D eigenvalue weighted by Crippen LogP contribution is 2.25. The van der Waals surface area contributed by atoms with E-state index < -0.39 is 5.97 Å². The van der Waals surface area contributed by atoms with E-state index in [1.807, 2.05) is 48.7 Å². The highest BCUT2D eigenvalue weighted by atomic mass is 35.5. The Balaban J connectivity index is 1.99. The lowest BCUT2D eigenvalue weighted by Gasteiger charge is -2.07. The predicted octanol–water partition coefficient (Wildman–Crippen LogP) is 4.36. The van der Waals surface area contributed by atoms with E-state index in [1.165, 1.54) is 0 Å². The maximum absolute atomic E-state index is 10.8. The second-order valence-electron chi connectivity index (χ2n) is 5.28. The quantitative estimate of drug-likeness (QED) is 0.760. The topological polar surface area (TPSA) is 42.2 Å². The number of aryl methyl sites for hydroxylation is 1. The van der Waals surface area contributed by atoms with Crippen molar-refractivity contribution in [3.05, 3.63) is 70.9 Å². The van der Waals surface area contributed by atoms with Crippen LogP contribution in [0, 0.1) is 0 Å². The van der Waals surface area contributed by atoms with Gasteiger partial charge in [0, 0.05) is 35.1 Å². The summed E-state index contributed by atoms with van der Waals surface area (Å²) in [5, 5.41) is 10.8. The molecule has 0 bridgehead atoms. The summed E-state index contributed by atoms with van der Waals surface area (Å²) >= 11 is 6.24. The van der Waals surface area contributed by atoms with Gasteiger partial charge in [-0.3, -0.25) is 4.79 Å². The van der Waals surface area contributed by atoms with Crippen molar-refractivity contribution in [2.75, 3.05) is 0 Å². The summed E-state index contributed by atoms with van der Waals surface area (Å²) in [5.41, 5.74) is 3.21. The molecule has 0 unspecified atom stereocenters. The lowest BCUT2D eigenvalue weighted by atomic mass is 10.1. The molecule has 2 aromatic carbocycles. The van der Waals surface area contributed by atoms with Crippen LogP contribution >= 0.6 is 11.6 Å². The molecule has 22 heavy (non-hydrogen) atoms. The van der Waals surface area contributed by atoms with Crippen LogP contribution in [-0.4, -0.2) is 15.6 Å². The first kappa shape index (κ1) is 14.7. The molecule has 1 heterocycles. The summed E-state index contributed by atoms with van der Waals surface area (Å²) in [7, 11) is 0. The molecule has 0 amide bonds. The molecule has 0 radical (unpaired) electrons. The van der Waals surface area contributed by atoms with Gasteiger partial charge in [-0.2, -0.15) is 0 Å². The molecule has 112 valence electrons. The Hall–Kier alpha value is -2.26. The van der Waals surface area contributed by atoms with Crippen LogP contribution in [0.4, 0.5) is 0 Å². The Morgan fingerprint density at radius 1 is 1.05 bits per heavy atom. The highest BCUT2D eigenvalue weighted by molar-refractivity contribution is 6.31. The number of rotatable bonds is 5. The molecule has 4 heteroatoms. The first-order valence-electron chi connectivity index (χ1n) is 7.17. The largest absolute Gasteiger partial charge is 0.481 e. The second-order valence-corrected chi connectivity index (χ2v) is 5.69. The number of benzene rings is 2. The summed E-state index contributed by atoms with van der Waals surface area (Å²) in [6.07, 6.45) is 2.71. The highest BCUT2D eigenvalue weighted by Gasteiger charge is 2.10. The molecule has 0 atom stereocenters. The molecule has 3 nitrogen and oxygen atoms in total. The zero-order valence-electron chi connectivity index (χ0n) is 12.0. The number of hydrogen-bond donors (Lipinski definition) is 1. The molecule has 0 aliphatic heterocycles. The third kappa shape index (κ3) is 3.00. The molecule has 0 aliphatic carbocycles. The van der Waals surface area contributed by atoms with Crippen molar-refractivity contribution in [1.29, 1.82) is 0 Å². The Morgan fingerprint density at radius 3 is 2.55 bits per heavy atom. The van der Waals surface area contributed by atoms with Gasteiger partial charge in [0.2, 0.25) is 0 Å². The van der Waals surface area contributed by atoms with Crippen molar-refractivity contribution in [2.24, 2.45) is 0 Å². The molecular weight excluding hydrogens is 298 g/mol. The number of hydrogen-bond acceptors (Lipinski definition) is 1. The van der Waals surface area contributed by atoms with Gasteiger partial charge in [0.25, 0.3) is 0 Å². The van der Waals surface area contributed by atoms with Crippen molar-refractivity contribution >= 4 is 28.5 Å². The van der Waals surface area contributed by atoms with Gasteiger partial charge in [-0.15, -0.1) is 0 Å². The molecule has 0 saturated carbocycles. The zero-order valence-corrected chi connectivity index (χ0v) is 12.8. The number of aromatic nitrogens is 1. The van der Waals surface area contributed by atoms with E-state index in [-0.39, 0.29) is 6.42 Å². The van der Waals surface area contributed by atoms with Crippen LogP contribution in [0.3, 0.4) is 0 Å². The number of nitrogens with zero attached hydrogens (tertiary/aromatic N) is 1. The lowest BCUT2D eigenvalue weighted by Crippen LogP contribution is -1.99. The van der Waals surface area contributed by atoms with E-state index in [0.717, 1.165) is 27.1 Å². The summed E-state index contributed by atoms with van der Waals surface area (Å²) < 4.78 is 2.13. The zero-order chi connectivity index (χ0) is 15.5. The molecule has 3 rings (SSSR count). The van der Waals surface area contributed by atoms with Crippen molar-refractivity contribution in [3.63, 3.8) is 0 Å². The van der Waals surface area contributed by atoms with Crippen LogP contribution in [0.15, 0.2) is 54.7 Å². The standard InChI is InChI=1S/C18H16ClNO2/c19-16-7-3-1-5-14(16)12-20-11-13(9-10-18(21)22)15-6-2-4-8-17(15)20/h1-8,11H,9-10,12H2,(H,21,22). The van der Waals surface area contributed by atoms with E-state index in [9.17, 15) is 4.79 Å². The van der Waals surface area contributed by atoms with Gasteiger partial charge in [0.05, 0.1) is 0 Å². The van der Waals surface area contributed by atoms with Gasteiger partial charge >= 0.3 is 5.97 Å². The first-order valence-corrected chi connectivity index (χ1v) is 7.55. The Morgan fingerprint density at radius 2 is 1.77 bits per heavy atom. The first-order chi connectivity index (χ1) is 10.6. The number of fused-ring (bicyclic) bond motifs is 1. The average Bonchev–Trinajstić information content (AvgIpc) is 2.86. The predicted molar refractivity (Wildman–Crippen MR) is 88.4 cm³/mol.